The molecule has 0 heterocycles. The van der Waals surface area contributed by atoms with Crippen LogP contribution in [0.15, 0.2) is 11.8 Å². The maximum absolute atomic E-state index is 13.7. The molecule has 0 fully saturated rings. The van der Waals surface area contributed by atoms with Gasteiger partial charge in [0.1, 0.15) is 23.0 Å². The first kappa shape index (κ1) is 18.0. The predicted molar refractivity (Wildman–Crippen MR) is 66.7 cm³/mol. The summed E-state index contributed by atoms with van der Waals surface area (Å²) in [6.07, 6.45) is 0.457. The van der Waals surface area contributed by atoms with E-state index in [4.69, 9.17) is 5.26 Å². The molecular formula is C13H8F4N2O4. The van der Waals surface area contributed by atoms with Crippen LogP contribution in [0.25, 0.3) is 0 Å². The van der Waals surface area contributed by atoms with Crippen molar-refractivity contribution in [2.45, 2.75) is 0 Å². The minimum Gasteiger partial charge on any atom is -0.466 e. The van der Waals surface area contributed by atoms with E-state index in [0.717, 1.165) is 20.3 Å². The Morgan fingerprint density at radius 1 is 1.04 bits per heavy atom. The minimum atomic E-state index is -1.96. The SMILES string of the molecule is COC(=O)/C=C(/Nc1c(F)c(F)c(C#N)c(F)c1F)C(=O)OC. The fraction of sp³-hybridized carbons (Fsp3) is 0.154. The topological polar surface area (TPSA) is 88.4 Å². The van der Waals surface area contributed by atoms with E-state index in [1.165, 1.54) is 0 Å². The van der Waals surface area contributed by atoms with E-state index < -0.39 is 52.2 Å². The Bertz CT molecular complexity index is 711. The molecule has 122 valence electrons. The Balaban J connectivity index is 3.47. The molecule has 0 amide bonds. The number of carbonyl (C=O) groups is 2. The van der Waals surface area contributed by atoms with Gasteiger partial charge in [0, 0.05) is 0 Å². The Morgan fingerprint density at radius 3 is 1.96 bits per heavy atom. The maximum Gasteiger partial charge on any atom is 0.354 e. The van der Waals surface area contributed by atoms with Crippen molar-refractivity contribution in [1.82, 2.24) is 0 Å². The van der Waals surface area contributed by atoms with Crippen LogP contribution in [0.2, 0.25) is 0 Å². The summed E-state index contributed by atoms with van der Waals surface area (Å²) in [5.41, 5.74) is -3.73. The van der Waals surface area contributed by atoms with Crippen LogP contribution < -0.4 is 5.32 Å². The van der Waals surface area contributed by atoms with Crippen molar-refractivity contribution in [2.75, 3.05) is 19.5 Å². The number of nitriles is 1. The van der Waals surface area contributed by atoms with Gasteiger partial charge in [-0.2, -0.15) is 5.26 Å². The normalized spacial score (nSPS) is 10.7. The monoisotopic (exact) mass is 332 g/mol. The smallest absolute Gasteiger partial charge is 0.354 e. The van der Waals surface area contributed by atoms with Crippen molar-refractivity contribution in [3.8, 4) is 6.07 Å². The van der Waals surface area contributed by atoms with Gasteiger partial charge < -0.3 is 14.8 Å². The second kappa shape index (κ2) is 7.26. The van der Waals surface area contributed by atoms with Gasteiger partial charge in [-0.15, -0.1) is 0 Å². The predicted octanol–water partition coefficient (Wildman–Crippen LogP) is 1.76. The van der Waals surface area contributed by atoms with Crippen LogP contribution in [0, 0.1) is 34.6 Å². The standard InChI is InChI=1S/C13H8F4N2O4/c1-22-7(20)3-6(13(21)23-2)19-12-10(16)8(14)5(4-18)9(15)11(12)17/h3,19H,1-2H3/b6-3+. The number of ether oxygens (including phenoxy) is 2. The van der Waals surface area contributed by atoms with E-state index in [-0.39, 0.29) is 0 Å². The van der Waals surface area contributed by atoms with Crippen LogP contribution in [0.1, 0.15) is 5.56 Å². The van der Waals surface area contributed by atoms with E-state index in [1.807, 2.05) is 0 Å². The Morgan fingerprint density at radius 2 is 1.57 bits per heavy atom. The molecule has 0 aliphatic carbocycles. The number of nitrogens with zero attached hydrogens (tertiary/aromatic N) is 1. The second-order valence-electron chi connectivity index (χ2n) is 3.82. The number of hydrogen-bond acceptors (Lipinski definition) is 6. The molecule has 0 saturated carbocycles. The fourth-order valence-electron chi connectivity index (χ4n) is 1.41. The Hall–Kier alpha value is -3.09. The summed E-state index contributed by atoms with van der Waals surface area (Å²) in [6.45, 7) is 0. The van der Waals surface area contributed by atoms with Crippen LogP contribution >= 0.6 is 0 Å². The van der Waals surface area contributed by atoms with Gasteiger partial charge >= 0.3 is 11.9 Å². The highest BCUT2D eigenvalue weighted by molar-refractivity contribution is 5.98. The number of esters is 2. The fourth-order valence-corrected chi connectivity index (χ4v) is 1.41. The van der Waals surface area contributed by atoms with Gasteiger partial charge in [-0.3, -0.25) is 0 Å². The van der Waals surface area contributed by atoms with Crippen molar-refractivity contribution < 1.29 is 36.6 Å². The summed E-state index contributed by atoms with van der Waals surface area (Å²) in [5, 5.41) is 10.2. The summed E-state index contributed by atoms with van der Waals surface area (Å²) in [5.74, 6) is -10.2. The highest BCUT2D eigenvalue weighted by Gasteiger charge is 2.27. The van der Waals surface area contributed by atoms with Crippen molar-refractivity contribution in [3.05, 3.63) is 40.6 Å². The van der Waals surface area contributed by atoms with Gasteiger partial charge in [0.15, 0.2) is 23.3 Å². The number of methoxy groups -OCH3 is 2. The molecule has 1 N–H and O–H groups in total. The third-order valence-electron chi connectivity index (χ3n) is 2.50. The summed E-state index contributed by atoms with van der Waals surface area (Å²) in [6, 6.07) is 0.963. The first-order valence-electron chi connectivity index (χ1n) is 5.69. The van der Waals surface area contributed by atoms with E-state index in [9.17, 15) is 27.2 Å². The molecule has 1 aromatic rings. The molecule has 0 atom stereocenters. The van der Waals surface area contributed by atoms with E-state index in [2.05, 4.69) is 9.47 Å². The van der Waals surface area contributed by atoms with Crippen LogP contribution in [0.5, 0.6) is 0 Å². The lowest BCUT2D eigenvalue weighted by atomic mass is 10.1. The number of anilines is 1. The van der Waals surface area contributed by atoms with Gasteiger partial charge in [-0.1, -0.05) is 0 Å². The second-order valence-corrected chi connectivity index (χ2v) is 3.82. The van der Waals surface area contributed by atoms with Crippen molar-refractivity contribution in [2.24, 2.45) is 0 Å². The minimum absolute atomic E-state index is 0.457. The molecule has 1 rings (SSSR count). The number of carbonyl (C=O) groups excluding carboxylic acids is 2. The summed E-state index contributed by atoms with van der Waals surface area (Å²) in [7, 11) is 1.84. The zero-order valence-electron chi connectivity index (χ0n) is 11.7. The van der Waals surface area contributed by atoms with Crippen molar-refractivity contribution >= 4 is 17.6 Å². The molecule has 10 heteroatoms. The molecule has 0 aromatic heterocycles. The van der Waals surface area contributed by atoms with Crippen LogP contribution in [0.3, 0.4) is 0 Å². The third kappa shape index (κ3) is 3.57. The lowest BCUT2D eigenvalue weighted by Gasteiger charge is -2.12. The molecule has 0 radical (unpaired) electrons. The number of hydrogen-bond donors (Lipinski definition) is 1. The van der Waals surface area contributed by atoms with Crippen LogP contribution in [-0.2, 0) is 19.1 Å². The molecular weight excluding hydrogens is 324 g/mol. The molecule has 0 aliphatic heterocycles. The average molecular weight is 332 g/mol. The Kier molecular flexibility index (Phi) is 5.67. The lowest BCUT2D eigenvalue weighted by Crippen LogP contribution is -2.18. The first-order chi connectivity index (χ1) is 10.8. The van der Waals surface area contributed by atoms with Gasteiger partial charge in [0.2, 0.25) is 0 Å². The Labute approximate surface area is 126 Å². The summed E-state index contributed by atoms with van der Waals surface area (Å²) >= 11 is 0. The van der Waals surface area contributed by atoms with E-state index in [0.29, 0.717) is 6.08 Å². The van der Waals surface area contributed by atoms with Crippen LogP contribution in [0.4, 0.5) is 23.2 Å². The third-order valence-corrected chi connectivity index (χ3v) is 2.50. The summed E-state index contributed by atoms with van der Waals surface area (Å²) < 4.78 is 62.9. The molecule has 1 aromatic carbocycles. The van der Waals surface area contributed by atoms with Gasteiger partial charge in [-0.25, -0.2) is 27.2 Å². The molecule has 23 heavy (non-hydrogen) atoms. The van der Waals surface area contributed by atoms with Gasteiger partial charge in [-0.05, 0) is 0 Å². The molecule has 0 spiro atoms. The first-order valence-corrected chi connectivity index (χ1v) is 5.69. The molecule has 0 bridgehead atoms. The summed E-state index contributed by atoms with van der Waals surface area (Å²) in [4.78, 5) is 22.5. The van der Waals surface area contributed by atoms with Crippen molar-refractivity contribution in [3.63, 3.8) is 0 Å². The largest absolute Gasteiger partial charge is 0.466 e. The average Bonchev–Trinajstić information content (AvgIpc) is 2.55. The van der Waals surface area contributed by atoms with E-state index >= 15 is 0 Å². The van der Waals surface area contributed by atoms with E-state index in [1.54, 1.807) is 5.32 Å². The molecule has 6 nitrogen and oxygen atoms in total. The molecule has 0 unspecified atom stereocenters. The number of nitrogens with one attached hydrogen (secondary N) is 1. The zero-order chi connectivity index (χ0) is 17.7. The maximum atomic E-state index is 13.7. The molecule has 0 saturated heterocycles. The van der Waals surface area contributed by atoms with Crippen LogP contribution in [-0.4, -0.2) is 26.2 Å². The lowest BCUT2D eigenvalue weighted by molar-refractivity contribution is -0.138. The highest BCUT2D eigenvalue weighted by atomic mass is 19.2. The highest BCUT2D eigenvalue weighted by Crippen LogP contribution is 2.28. The quantitative estimate of drug-likeness (QED) is 0.391. The number of benzene rings is 1. The molecule has 0 aliphatic rings. The number of halogens is 4. The van der Waals surface area contributed by atoms with Crippen molar-refractivity contribution in [1.29, 1.82) is 5.26 Å². The number of rotatable bonds is 4. The van der Waals surface area contributed by atoms with Gasteiger partial charge in [0.25, 0.3) is 0 Å². The van der Waals surface area contributed by atoms with Gasteiger partial charge in [0.05, 0.1) is 20.3 Å². The zero-order valence-corrected chi connectivity index (χ0v) is 11.7.